The molecule has 3 unspecified atom stereocenters. The van der Waals surface area contributed by atoms with Crippen molar-refractivity contribution in [2.45, 2.75) is 32.4 Å². The van der Waals surface area contributed by atoms with Gasteiger partial charge < -0.3 is 10.2 Å². The molecule has 3 atom stereocenters. The number of hydrogen-bond acceptors (Lipinski definition) is 4. The molecule has 5 nitrogen and oxygen atoms in total. The second-order valence-electron chi connectivity index (χ2n) is 5.13. The third-order valence-electron chi connectivity index (χ3n) is 3.80. The summed E-state index contributed by atoms with van der Waals surface area (Å²) in [6.07, 6.45) is 0.857. The summed E-state index contributed by atoms with van der Waals surface area (Å²) in [7, 11) is -2.94. The summed E-state index contributed by atoms with van der Waals surface area (Å²) in [4.78, 5) is 14.1. The lowest BCUT2D eigenvalue weighted by atomic mass is 9.99. The Labute approximate surface area is 102 Å². The van der Waals surface area contributed by atoms with Crippen LogP contribution in [0.2, 0.25) is 0 Å². The van der Waals surface area contributed by atoms with Crippen LogP contribution in [0.1, 0.15) is 20.3 Å². The summed E-state index contributed by atoms with van der Waals surface area (Å²) in [5.41, 5.74) is 0. The third-order valence-corrected chi connectivity index (χ3v) is 5.59. The molecule has 2 fully saturated rings. The minimum absolute atomic E-state index is 0.0123. The summed E-state index contributed by atoms with van der Waals surface area (Å²) >= 11 is 0. The number of nitrogens with zero attached hydrogens (tertiary/aromatic N) is 1. The van der Waals surface area contributed by atoms with Crippen molar-refractivity contribution < 1.29 is 13.2 Å². The van der Waals surface area contributed by atoms with E-state index in [1.807, 2.05) is 13.8 Å². The van der Waals surface area contributed by atoms with Crippen LogP contribution in [0.15, 0.2) is 0 Å². The van der Waals surface area contributed by atoms with Gasteiger partial charge in [-0.2, -0.15) is 0 Å². The van der Waals surface area contributed by atoms with Gasteiger partial charge in [-0.15, -0.1) is 0 Å². The lowest BCUT2D eigenvalue weighted by Crippen LogP contribution is -2.52. The Morgan fingerprint density at radius 3 is 2.59 bits per heavy atom. The number of carbonyl (C=O) groups excluding carboxylic acids is 1. The standard InChI is InChI=1S/C11H20N2O3S/c1-8-7-17(15,16)6-5-13(8)11(14)10-3-4-12-9(10)2/h8-10,12H,3-7H2,1-2H3. The lowest BCUT2D eigenvalue weighted by Gasteiger charge is -2.35. The van der Waals surface area contributed by atoms with Crippen LogP contribution in [0.5, 0.6) is 0 Å². The molecule has 2 rings (SSSR count). The minimum Gasteiger partial charge on any atom is -0.338 e. The molecule has 0 aromatic heterocycles. The molecular formula is C11H20N2O3S. The summed E-state index contributed by atoms with van der Waals surface area (Å²) in [6, 6.07) is 0.0160. The number of hydrogen-bond donors (Lipinski definition) is 1. The maximum atomic E-state index is 12.3. The maximum Gasteiger partial charge on any atom is 0.227 e. The van der Waals surface area contributed by atoms with Gasteiger partial charge in [-0.1, -0.05) is 0 Å². The van der Waals surface area contributed by atoms with Crippen LogP contribution in [0, 0.1) is 5.92 Å². The fourth-order valence-corrected chi connectivity index (χ4v) is 4.29. The van der Waals surface area contributed by atoms with E-state index in [1.165, 1.54) is 0 Å². The second kappa shape index (κ2) is 4.57. The first kappa shape index (κ1) is 12.8. The first-order valence-electron chi connectivity index (χ1n) is 6.15. The van der Waals surface area contributed by atoms with Gasteiger partial charge in [-0.25, -0.2) is 8.42 Å². The molecule has 17 heavy (non-hydrogen) atoms. The molecule has 1 N–H and O–H groups in total. The monoisotopic (exact) mass is 260 g/mol. The fraction of sp³-hybridized carbons (Fsp3) is 0.909. The smallest absolute Gasteiger partial charge is 0.227 e. The van der Waals surface area contributed by atoms with Crippen molar-refractivity contribution in [2.75, 3.05) is 24.6 Å². The molecule has 2 aliphatic heterocycles. The Morgan fingerprint density at radius 1 is 1.35 bits per heavy atom. The van der Waals surface area contributed by atoms with Gasteiger partial charge in [0, 0.05) is 18.6 Å². The van der Waals surface area contributed by atoms with Crippen LogP contribution in [0.4, 0.5) is 0 Å². The highest BCUT2D eigenvalue weighted by molar-refractivity contribution is 7.91. The fourth-order valence-electron chi connectivity index (χ4n) is 2.74. The predicted molar refractivity (Wildman–Crippen MR) is 65.4 cm³/mol. The van der Waals surface area contributed by atoms with E-state index in [9.17, 15) is 13.2 Å². The van der Waals surface area contributed by atoms with Gasteiger partial charge in [-0.05, 0) is 26.8 Å². The summed E-state index contributed by atoms with van der Waals surface area (Å²) in [5, 5.41) is 3.25. The first-order chi connectivity index (χ1) is 7.91. The van der Waals surface area contributed by atoms with Crippen molar-refractivity contribution in [3.63, 3.8) is 0 Å². The molecule has 0 spiro atoms. The molecular weight excluding hydrogens is 240 g/mol. The first-order valence-corrected chi connectivity index (χ1v) is 7.97. The van der Waals surface area contributed by atoms with E-state index >= 15 is 0 Å². The maximum absolute atomic E-state index is 12.3. The van der Waals surface area contributed by atoms with Crippen LogP contribution in [0.25, 0.3) is 0 Å². The largest absolute Gasteiger partial charge is 0.338 e. The zero-order valence-electron chi connectivity index (χ0n) is 10.3. The van der Waals surface area contributed by atoms with Gasteiger partial charge >= 0.3 is 0 Å². The van der Waals surface area contributed by atoms with Gasteiger partial charge in [-0.3, -0.25) is 4.79 Å². The zero-order valence-corrected chi connectivity index (χ0v) is 11.2. The molecule has 2 saturated heterocycles. The Morgan fingerprint density at radius 2 is 2.06 bits per heavy atom. The molecule has 6 heteroatoms. The number of rotatable bonds is 1. The average Bonchev–Trinajstić information content (AvgIpc) is 2.62. The highest BCUT2D eigenvalue weighted by Gasteiger charge is 2.37. The van der Waals surface area contributed by atoms with E-state index in [1.54, 1.807) is 4.90 Å². The van der Waals surface area contributed by atoms with Gasteiger partial charge in [0.15, 0.2) is 9.84 Å². The van der Waals surface area contributed by atoms with Crippen LogP contribution in [0.3, 0.4) is 0 Å². The van der Waals surface area contributed by atoms with Crippen molar-refractivity contribution in [3.8, 4) is 0 Å². The van der Waals surface area contributed by atoms with Gasteiger partial charge in [0.2, 0.25) is 5.91 Å². The van der Waals surface area contributed by atoms with Gasteiger partial charge in [0.1, 0.15) is 0 Å². The minimum atomic E-state index is -2.94. The van der Waals surface area contributed by atoms with E-state index in [0.717, 1.165) is 13.0 Å². The Hall–Kier alpha value is -0.620. The SMILES string of the molecule is CC1NCCC1C(=O)N1CCS(=O)(=O)CC1C. The summed E-state index contributed by atoms with van der Waals surface area (Å²) in [5.74, 6) is 0.341. The van der Waals surface area contributed by atoms with Crippen molar-refractivity contribution in [1.82, 2.24) is 10.2 Å². The van der Waals surface area contributed by atoms with Crippen molar-refractivity contribution in [3.05, 3.63) is 0 Å². The molecule has 2 heterocycles. The Kier molecular flexibility index (Phi) is 3.45. The van der Waals surface area contributed by atoms with Crippen LogP contribution in [-0.2, 0) is 14.6 Å². The van der Waals surface area contributed by atoms with Gasteiger partial charge in [0.25, 0.3) is 0 Å². The number of amides is 1. The molecule has 98 valence electrons. The second-order valence-corrected chi connectivity index (χ2v) is 7.36. The molecule has 0 radical (unpaired) electrons. The summed E-state index contributed by atoms with van der Waals surface area (Å²) in [6.45, 7) is 5.06. The van der Waals surface area contributed by atoms with Gasteiger partial charge in [0.05, 0.1) is 17.4 Å². The lowest BCUT2D eigenvalue weighted by molar-refractivity contribution is -0.137. The van der Waals surface area contributed by atoms with Crippen LogP contribution >= 0.6 is 0 Å². The van der Waals surface area contributed by atoms with E-state index in [0.29, 0.717) is 6.54 Å². The Bertz CT molecular complexity index is 407. The van der Waals surface area contributed by atoms with Crippen molar-refractivity contribution in [2.24, 2.45) is 5.92 Å². The number of sulfone groups is 1. The van der Waals surface area contributed by atoms with Crippen LogP contribution < -0.4 is 5.32 Å². The molecule has 0 bridgehead atoms. The van der Waals surface area contributed by atoms with E-state index < -0.39 is 9.84 Å². The highest BCUT2D eigenvalue weighted by atomic mass is 32.2. The molecule has 0 saturated carbocycles. The average molecular weight is 260 g/mol. The van der Waals surface area contributed by atoms with E-state index in [4.69, 9.17) is 0 Å². The molecule has 0 aromatic carbocycles. The van der Waals surface area contributed by atoms with Crippen molar-refractivity contribution in [1.29, 1.82) is 0 Å². The molecule has 1 amide bonds. The molecule has 0 aliphatic carbocycles. The molecule has 2 aliphatic rings. The van der Waals surface area contributed by atoms with Crippen molar-refractivity contribution >= 4 is 15.7 Å². The predicted octanol–water partition coefficient (Wildman–Crippen LogP) is -0.370. The quantitative estimate of drug-likeness (QED) is 0.698. The zero-order chi connectivity index (χ0) is 12.6. The topological polar surface area (TPSA) is 66.5 Å². The van der Waals surface area contributed by atoms with Crippen LogP contribution in [-0.4, -0.2) is 55.9 Å². The normalized spacial score (nSPS) is 37.1. The van der Waals surface area contributed by atoms with E-state index in [2.05, 4.69) is 5.32 Å². The summed E-state index contributed by atoms with van der Waals surface area (Å²) < 4.78 is 22.9. The Balaban J connectivity index is 2.05. The third kappa shape index (κ3) is 2.63. The molecule has 0 aromatic rings. The van der Waals surface area contributed by atoms with E-state index in [-0.39, 0.29) is 35.4 Å². The highest BCUT2D eigenvalue weighted by Crippen LogP contribution is 2.21. The number of carbonyl (C=O) groups is 1. The number of nitrogens with one attached hydrogen (secondary N) is 1.